The molecule has 1 aromatic rings. The van der Waals surface area contributed by atoms with Gasteiger partial charge in [-0.3, -0.25) is 0 Å². The second-order valence-corrected chi connectivity index (χ2v) is 8.07. The highest BCUT2D eigenvalue weighted by Gasteiger charge is 2.22. The van der Waals surface area contributed by atoms with Crippen LogP contribution in [0.5, 0.6) is 0 Å². The summed E-state index contributed by atoms with van der Waals surface area (Å²) in [7, 11) is 0.418. The zero-order valence-corrected chi connectivity index (χ0v) is 14.3. The summed E-state index contributed by atoms with van der Waals surface area (Å²) < 4.78 is 6.16. The topological polar surface area (TPSA) is 9.23 Å². The average molecular weight is 296 g/mol. The molecule has 0 aromatic heterocycles. The SMILES string of the molecule is CC(C)(C)c1ccccc1[Si]OC1=CC2=C(CCCC2)C1. The van der Waals surface area contributed by atoms with Crippen molar-refractivity contribution >= 4 is 14.9 Å². The van der Waals surface area contributed by atoms with E-state index in [2.05, 4.69) is 51.1 Å². The van der Waals surface area contributed by atoms with Crippen molar-refractivity contribution in [1.82, 2.24) is 0 Å². The number of allylic oxidation sites excluding steroid dienone is 3. The fourth-order valence-corrected chi connectivity index (χ4v) is 4.34. The summed E-state index contributed by atoms with van der Waals surface area (Å²) in [4.78, 5) is 0. The van der Waals surface area contributed by atoms with Crippen LogP contribution in [0.15, 0.2) is 47.2 Å². The van der Waals surface area contributed by atoms with Crippen LogP contribution >= 0.6 is 0 Å². The van der Waals surface area contributed by atoms with E-state index in [1.165, 1.54) is 42.2 Å². The first-order valence-electron chi connectivity index (χ1n) is 7.98. The monoisotopic (exact) mass is 296 g/mol. The van der Waals surface area contributed by atoms with Crippen molar-refractivity contribution in [1.29, 1.82) is 0 Å². The third-order valence-electron chi connectivity index (χ3n) is 4.38. The lowest BCUT2D eigenvalue weighted by molar-refractivity contribution is 0.447. The van der Waals surface area contributed by atoms with Gasteiger partial charge in [-0.05, 0) is 53.5 Å². The lowest BCUT2D eigenvalue weighted by Gasteiger charge is -2.22. The van der Waals surface area contributed by atoms with Crippen LogP contribution in [0.25, 0.3) is 0 Å². The van der Waals surface area contributed by atoms with Crippen molar-refractivity contribution in [2.75, 3.05) is 0 Å². The van der Waals surface area contributed by atoms with Gasteiger partial charge in [-0.25, -0.2) is 0 Å². The molecule has 0 saturated carbocycles. The number of hydrogen-bond donors (Lipinski definition) is 0. The first kappa shape index (κ1) is 14.6. The van der Waals surface area contributed by atoms with Crippen LogP contribution < -0.4 is 5.19 Å². The van der Waals surface area contributed by atoms with E-state index in [4.69, 9.17) is 4.43 Å². The predicted octanol–water partition coefficient (Wildman–Crippen LogP) is 4.40. The second-order valence-electron chi connectivity index (χ2n) is 7.12. The van der Waals surface area contributed by atoms with Crippen LogP contribution in [-0.4, -0.2) is 9.76 Å². The highest BCUT2D eigenvalue weighted by atomic mass is 28.2. The molecule has 2 aliphatic carbocycles. The Morgan fingerprint density at radius 2 is 1.81 bits per heavy atom. The molecule has 1 aromatic carbocycles. The van der Waals surface area contributed by atoms with Crippen molar-refractivity contribution in [2.45, 2.75) is 58.3 Å². The summed E-state index contributed by atoms with van der Waals surface area (Å²) in [5, 5.41) is 1.34. The maximum Gasteiger partial charge on any atom is 0.351 e. The Hall–Kier alpha value is -1.28. The van der Waals surface area contributed by atoms with Crippen molar-refractivity contribution < 1.29 is 4.43 Å². The molecule has 0 amide bonds. The minimum Gasteiger partial charge on any atom is -0.539 e. The maximum atomic E-state index is 6.16. The van der Waals surface area contributed by atoms with E-state index in [1.807, 2.05) is 0 Å². The Kier molecular flexibility index (Phi) is 4.07. The molecule has 1 nitrogen and oxygen atoms in total. The van der Waals surface area contributed by atoms with Gasteiger partial charge in [0.15, 0.2) is 0 Å². The van der Waals surface area contributed by atoms with E-state index < -0.39 is 0 Å². The minimum atomic E-state index is 0.175. The smallest absolute Gasteiger partial charge is 0.351 e. The molecule has 0 saturated heterocycles. The first-order valence-corrected chi connectivity index (χ1v) is 8.89. The molecule has 0 bridgehead atoms. The van der Waals surface area contributed by atoms with E-state index >= 15 is 0 Å². The Morgan fingerprint density at radius 1 is 1.05 bits per heavy atom. The maximum absolute atomic E-state index is 6.16. The summed E-state index contributed by atoms with van der Waals surface area (Å²) in [6, 6.07) is 8.69. The lowest BCUT2D eigenvalue weighted by atomic mass is 9.87. The largest absolute Gasteiger partial charge is 0.539 e. The summed E-state index contributed by atoms with van der Waals surface area (Å²) in [5.74, 6) is 1.18. The molecule has 21 heavy (non-hydrogen) atoms. The molecular formula is C19H24OSi. The highest BCUT2D eigenvalue weighted by molar-refractivity contribution is 6.48. The van der Waals surface area contributed by atoms with Crippen molar-refractivity contribution in [3.05, 3.63) is 52.8 Å². The quantitative estimate of drug-likeness (QED) is 0.751. The number of hydrogen-bond acceptors (Lipinski definition) is 1. The van der Waals surface area contributed by atoms with E-state index in [0.29, 0.717) is 9.76 Å². The van der Waals surface area contributed by atoms with Crippen molar-refractivity contribution in [2.24, 2.45) is 0 Å². The molecule has 2 radical (unpaired) electrons. The summed E-state index contributed by atoms with van der Waals surface area (Å²) in [6.45, 7) is 6.81. The number of rotatable bonds is 3. The van der Waals surface area contributed by atoms with Gasteiger partial charge in [-0.15, -0.1) is 0 Å². The lowest BCUT2D eigenvalue weighted by Crippen LogP contribution is -2.28. The molecule has 110 valence electrons. The zero-order chi connectivity index (χ0) is 14.9. The third-order valence-corrected chi connectivity index (χ3v) is 5.40. The standard InChI is InChI=1S/C19H24OSi/c1-19(2,3)17-10-6-7-11-18(17)21-20-16-12-14-8-4-5-9-15(14)13-16/h6-7,10-12H,4-5,8-9,13H2,1-3H3. The van der Waals surface area contributed by atoms with Gasteiger partial charge in [0.25, 0.3) is 0 Å². The molecule has 0 atom stereocenters. The van der Waals surface area contributed by atoms with Crippen LogP contribution in [0.2, 0.25) is 0 Å². The molecule has 2 heteroatoms. The van der Waals surface area contributed by atoms with Crippen LogP contribution in [0.4, 0.5) is 0 Å². The van der Waals surface area contributed by atoms with Crippen LogP contribution in [0.1, 0.15) is 58.4 Å². The third kappa shape index (κ3) is 3.32. The molecule has 3 rings (SSSR count). The first-order chi connectivity index (χ1) is 10.0. The second kappa shape index (κ2) is 5.84. The Bertz CT molecular complexity index is 590. The summed E-state index contributed by atoms with van der Waals surface area (Å²) in [5.41, 5.74) is 4.77. The van der Waals surface area contributed by atoms with Gasteiger partial charge >= 0.3 is 9.76 Å². The molecule has 0 heterocycles. The Balaban J connectivity index is 1.67. The molecule has 0 unspecified atom stereocenters. The predicted molar refractivity (Wildman–Crippen MR) is 89.8 cm³/mol. The van der Waals surface area contributed by atoms with E-state index in [1.54, 1.807) is 11.1 Å². The van der Waals surface area contributed by atoms with Gasteiger partial charge in [0.05, 0.1) is 5.76 Å². The molecular weight excluding hydrogens is 272 g/mol. The van der Waals surface area contributed by atoms with Gasteiger partial charge in [-0.2, -0.15) is 0 Å². The van der Waals surface area contributed by atoms with Crippen LogP contribution in [-0.2, 0) is 9.84 Å². The van der Waals surface area contributed by atoms with E-state index in [-0.39, 0.29) is 5.41 Å². The fourth-order valence-electron chi connectivity index (χ4n) is 3.24. The van der Waals surface area contributed by atoms with Gasteiger partial charge in [0.2, 0.25) is 0 Å². The van der Waals surface area contributed by atoms with Crippen LogP contribution in [0, 0.1) is 0 Å². The fraction of sp³-hybridized carbons (Fsp3) is 0.474. The van der Waals surface area contributed by atoms with Gasteiger partial charge in [0, 0.05) is 6.42 Å². The van der Waals surface area contributed by atoms with Gasteiger partial charge in [-0.1, -0.05) is 50.6 Å². The van der Waals surface area contributed by atoms with Crippen LogP contribution in [0.3, 0.4) is 0 Å². The summed E-state index contributed by atoms with van der Waals surface area (Å²) >= 11 is 0. The normalized spacial score (nSPS) is 18.5. The van der Waals surface area contributed by atoms with Crippen molar-refractivity contribution in [3.63, 3.8) is 0 Å². The van der Waals surface area contributed by atoms with Gasteiger partial charge < -0.3 is 4.43 Å². The molecule has 0 fully saturated rings. The molecule has 0 spiro atoms. The Morgan fingerprint density at radius 3 is 2.57 bits per heavy atom. The molecule has 2 aliphatic rings. The Labute approximate surface area is 131 Å². The summed E-state index contributed by atoms with van der Waals surface area (Å²) in [6.07, 6.45) is 8.60. The molecule has 0 N–H and O–H groups in total. The highest BCUT2D eigenvalue weighted by Crippen LogP contribution is 2.36. The van der Waals surface area contributed by atoms with Crippen molar-refractivity contribution in [3.8, 4) is 0 Å². The molecule has 0 aliphatic heterocycles. The average Bonchev–Trinajstić information content (AvgIpc) is 2.87. The van der Waals surface area contributed by atoms with E-state index in [9.17, 15) is 0 Å². The van der Waals surface area contributed by atoms with E-state index in [0.717, 1.165) is 6.42 Å². The minimum absolute atomic E-state index is 0.175. The van der Waals surface area contributed by atoms with Gasteiger partial charge in [0.1, 0.15) is 0 Å². The zero-order valence-electron chi connectivity index (χ0n) is 13.3. The number of benzene rings is 1.